The van der Waals surface area contributed by atoms with Crippen molar-refractivity contribution in [2.75, 3.05) is 13.1 Å². The molecule has 2 saturated heterocycles. The molecule has 1 N–H and O–H groups in total. The Bertz CT molecular complexity index is 956. The minimum atomic E-state index is -0.231. The lowest BCUT2D eigenvalue weighted by atomic mass is 10.00. The van der Waals surface area contributed by atoms with E-state index in [-0.39, 0.29) is 23.7 Å². The molecule has 2 aromatic carbocycles. The summed E-state index contributed by atoms with van der Waals surface area (Å²) in [6.07, 6.45) is 0. The van der Waals surface area contributed by atoms with E-state index in [2.05, 4.69) is 14.9 Å². The number of imidazole rings is 1. The van der Waals surface area contributed by atoms with Gasteiger partial charge in [0.2, 0.25) is 11.8 Å². The zero-order valence-electron chi connectivity index (χ0n) is 14.8. The monoisotopic (exact) mass is 360 g/mol. The number of carbonyl (C=O) groups is 2. The lowest BCUT2D eigenvalue weighted by Gasteiger charge is -2.20. The van der Waals surface area contributed by atoms with Gasteiger partial charge in [-0.2, -0.15) is 0 Å². The van der Waals surface area contributed by atoms with Gasteiger partial charge in [-0.15, -0.1) is 0 Å². The van der Waals surface area contributed by atoms with Gasteiger partial charge in [0.15, 0.2) is 0 Å². The van der Waals surface area contributed by atoms with Crippen LogP contribution in [0.4, 0.5) is 0 Å². The first-order chi connectivity index (χ1) is 13.2. The molecule has 0 spiro atoms. The van der Waals surface area contributed by atoms with Crippen LogP contribution in [0.5, 0.6) is 0 Å². The Hall–Kier alpha value is -2.99. The van der Waals surface area contributed by atoms with Crippen molar-refractivity contribution in [3.8, 4) is 0 Å². The van der Waals surface area contributed by atoms with Gasteiger partial charge in [0.05, 0.1) is 36.0 Å². The van der Waals surface area contributed by atoms with Crippen LogP contribution in [-0.4, -0.2) is 44.7 Å². The smallest absolute Gasteiger partial charge is 0.234 e. The molecule has 1 aromatic heterocycles. The van der Waals surface area contributed by atoms with Gasteiger partial charge in [-0.3, -0.25) is 19.4 Å². The number of para-hydroxylation sites is 2. The van der Waals surface area contributed by atoms with Crippen LogP contribution in [-0.2, 0) is 22.7 Å². The molecule has 0 aliphatic carbocycles. The van der Waals surface area contributed by atoms with E-state index < -0.39 is 0 Å². The van der Waals surface area contributed by atoms with E-state index in [1.54, 1.807) is 0 Å². The number of imide groups is 1. The average Bonchev–Trinajstić information content (AvgIpc) is 3.34. The van der Waals surface area contributed by atoms with Gasteiger partial charge >= 0.3 is 0 Å². The van der Waals surface area contributed by atoms with Crippen molar-refractivity contribution >= 4 is 22.8 Å². The van der Waals surface area contributed by atoms with Gasteiger partial charge in [0.25, 0.3) is 0 Å². The first kappa shape index (κ1) is 16.2. The summed E-state index contributed by atoms with van der Waals surface area (Å²) in [5, 5.41) is 0. The molecule has 2 aliphatic heterocycles. The molecule has 3 heterocycles. The molecule has 6 heteroatoms. The van der Waals surface area contributed by atoms with Crippen LogP contribution in [0, 0.1) is 11.8 Å². The number of aromatic nitrogens is 2. The van der Waals surface area contributed by atoms with E-state index in [9.17, 15) is 9.59 Å². The van der Waals surface area contributed by atoms with Crippen LogP contribution >= 0.6 is 0 Å². The maximum absolute atomic E-state index is 12.8. The summed E-state index contributed by atoms with van der Waals surface area (Å²) in [7, 11) is 0. The third-order valence-corrected chi connectivity index (χ3v) is 5.56. The Kier molecular flexibility index (Phi) is 3.79. The topological polar surface area (TPSA) is 69.3 Å². The fraction of sp³-hybridized carbons (Fsp3) is 0.286. The van der Waals surface area contributed by atoms with Crippen molar-refractivity contribution in [1.29, 1.82) is 0 Å². The minimum absolute atomic E-state index is 0.0408. The van der Waals surface area contributed by atoms with Crippen LogP contribution in [0.1, 0.15) is 11.4 Å². The highest BCUT2D eigenvalue weighted by Gasteiger charge is 2.52. The average molecular weight is 360 g/mol. The summed E-state index contributed by atoms with van der Waals surface area (Å²) < 4.78 is 0. The standard InChI is InChI=1S/C21H20N4O2/c26-20-15-11-24(13-19-22-17-8-4-5-9-18(17)23-19)12-16(15)21(27)25(20)10-14-6-2-1-3-7-14/h1-9,15-16H,10-13H2,(H,22,23). The van der Waals surface area contributed by atoms with E-state index in [4.69, 9.17) is 0 Å². The van der Waals surface area contributed by atoms with E-state index in [0.29, 0.717) is 26.2 Å². The maximum Gasteiger partial charge on any atom is 0.234 e. The molecule has 0 bridgehead atoms. The quantitative estimate of drug-likeness (QED) is 0.724. The largest absolute Gasteiger partial charge is 0.341 e. The lowest BCUT2D eigenvalue weighted by Crippen LogP contribution is -2.35. The molecule has 2 amide bonds. The molecule has 6 nitrogen and oxygen atoms in total. The SMILES string of the molecule is O=C1C2CN(Cc3nc4ccccc4[nH]3)CC2C(=O)N1Cc1ccccc1. The summed E-state index contributed by atoms with van der Waals surface area (Å²) in [5.74, 6) is 0.329. The molecule has 27 heavy (non-hydrogen) atoms. The van der Waals surface area contributed by atoms with Crippen molar-refractivity contribution in [3.05, 3.63) is 66.0 Å². The molecule has 2 aliphatic rings. The van der Waals surface area contributed by atoms with Crippen molar-refractivity contribution in [1.82, 2.24) is 19.8 Å². The van der Waals surface area contributed by atoms with Crippen LogP contribution < -0.4 is 0 Å². The molecule has 2 unspecified atom stereocenters. The molecular weight excluding hydrogens is 340 g/mol. The van der Waals surface area contributed by atoms with Crippen LogP contribution in [0.2, 0.25) is 0 Å². The molecule has 2 fully saturated rings. The molecule has 136 valence electrons. The summed E-state index contributed by atoms with van der Waals surface area (Å²) in [6.45, 7) is 2.21. The van der Waals surface area contributed by atoms with Crippen LogP contribution in [0.3, 0.4) is 0 Å². The molecule has 2 atom stereocenters. The number of benzene rings is 2. The van der Waals surface area contributed by atoms with Gasteiger partial charge in [0.1, 0.15) is 5.82 Å². The predicted octanol–water partition coefficient (Wildman–Crippen LogP) is 2.18. The van der Waals surface area contributed by atoms with E-state index in [1.165, 1.54) is 4.90 Å². The molecule has 5 rings (SSSR count). The summed E-state index contributed by atoms with van der Waals surface area (Å²) in [4.78, 5) is 37.1. The van der Waals surface area contributed by atoms with E-state index >= 15 is 0 Å². The summed E-state index contributed by atoms with van der Waals surface area (Å²) in [5.41, 5.74) is 2.93. The highest BCUT2D eigenvalue weighted by molar-refractivity contribution is 6.05. The number of amides is 2. The number of aromatic amines is 1. The normalized spacial score (nSPS) is 22.7. The number of nitrogens with one attached hydrogen (secondary N) is 1. The number of hydrogen-bond acceptors (Lipinski definition) is 4. The van der Waals surface area contributed by atoms with Gasteiger partial charge in [0, 0.05) is 13.1 Å². The van der Waals surface area contributed by atoms with E-state index in [0.717, 1.165) is 22.4 Å². The fourth-order valence-electron chi connectivity index (χ4n) is 4.24. The van der Waals surface area contributed by atoms with Crippen molar-refractivity contribution in [3.63, 3.8) is 0 Å². The number of rotatable bonds is 4. The highest BCUT2D eigenvalue weighted by atomic mass is 16.2. The number of fused-ring (bicyclic) bond motifs is 2. The van der Waals surface area contributed by atoms with Gasteiger partial charge in [-0.1, -0.05) is 42.5 Å². The minimum Gasteiger partial charge on any atom is -0.341 e. The van der Waals surface area contributed by atoms with Crippen LogP contribution in [0.15, 0.2) is 54.6 Å². The highest BCUT2D eigenvalue weighted by Crippen LogP contribution is 2.34. The molecular formula is C21H20N4O2. The first-order valence-corrected chi connectivity index (χ1v) is 9.24. The third-order valence-electron chi connectivity index (χ3n) is 5.56. The zero-order valence-corrected chi connectivity index (χ0v) is 14.8. The second-order valence-electron chi connectivity index (χ2n) is 7.36. The van der Waals surface area contributed by atoms with E-state index in [1.807, 2.05) is 54.6 Å². The lowest BCUT2D eigenvalue weighted by molar-refractivity contribution is -0.141. The summed E-state index contributed by atoms with van der Waals surface area (Å²) >= 11 is 0. The molecule has 0 radical (unpaired) electrons. The second kappa shape index (κ2) is 6.32. The molecule has 0 saturated carbocycles. The van der Waals surface area contributed by atoms with Gasteiger partial charge in [-0.25, -0.2) is 4.98 Å². The number of hydrogen-bond donors (Lipinski definition) is 1. The number of nitrogens with zero attached hydrogens (tertiary/aromatic N) is 3. The zero-order chi connectivity index (χ0) is 18.4. The number of carbonyl (C=O) groups excluding carboxylic acids is 2. The second-order valence-corrected chi connectivity index (χ2v) is 7.36. The summed E-state index contributed by atoms with van der Waals surface area (Å²) in [6, 6.07) is 17.6. The van der Waals surface area contributed by atoms with Gasteiger partial charge < -0.3 is 4.98 Å². The maximum atomic E-state index is 12.8. The Morgan fingerprint density at radius 2 is 1.56 bits per heavy atom. The number of likely N-dealkylation sites (tertiary alicyclic amines) is 2. The predicted molar refractivity (Wildman–Crippen MR) is 100 cm³/mol. The van der Waals surface area contributed by atoms with Gasteiger partial charge in [-0.05, 0) is 17.7 Å². The Morgan fingerprint density at radius 3 is 2.26 bits per heavy atom. The number of H-pyrrole nitrogens is 1. The Labute approximate surface area is 156 Å². The van der Waals surface area contributed by atoms with Crippen molar-refractivity contribution < 1.29 is 9.59 Å². The first-order valence-electron chi connectivity index (χ1n) is 9.24. The third kappa shape index (κ3) is 2.82. The van der Waals surface area contributed by atoms with Crippen molar-refractivity contribution in [2.24, 2.45) is 11.8 Å². The Balaban J connectivity index is 1.28. The Morgan fingerprint density at radius 1 is 0.889 bits per heavy atom. The fourth-order valence-corrected chi connectivity index (χ4v) is 4.24. The van der Waals surface area contributed by atoms with Crippen LogP contribution in [0.25, 0.3) is 11.0 Å². The van der Waals surface area contributed by atoms with Crippen molar-refractivity contribution in [2.45, 2.75) is 13.1 Å². The molecule has 3 aromatic rings.